The van der Waals surface area contributed by atoms with E-state index in [1.54, 1.807) is 44.6 Å². The molecule has 1 atom stereocenters. The number of hydrogen-bond acceptors (Lipinski definition) is 4. The number of ether oxygens (including phenoxy) is 2. The van der Waals surface area contributed by atoms with E-state index in [0.29, 0.717) is 22.1 Å². The maximum absolute atomic E-state index is 12.7. The summed E-state index contributed by atoms with van der Waals surface area (Å²) in [4.78, 5) is 25.1. The van der Waals surface area contributed by atoms with Crippen LogP contribution in [0.15, 0.2) is 42.5 Å². The molecule has 0 aliphatic carbocycles. The van der Waals surface area contributed by atoms with Crippen LogP contribution in [0.1, 0.15) is 29.8 Å². The van der Waals surface area contributed by atoms with Crippen LogP contribution >= 0.6 is 11.6 Å². The summed E-state index contributed by atoms with van der Waals surface area (Å²) in [5, 5.41) is 6.20. The number of methoxy groups -OCH3 is 2. The first-order valence-electron chi connectivity index (χ1n) is 8.90. The number of hydrogen-bond donors (Lipinski definition) is 2. The number of carbonyl (C=O) groups excluding carboxylic acids is 2. The minimum Gasteiger partial charge on any atom is -0.497 e. The van der Waals surface area contributed by atoms with Crippen molar-refractivity contribution in [1.82, 2.24) is 10.6 Å². The van der Waals surface area contributed by atoms with Crippen LogP contribution in [0, 0.1) is 5.92 Å². The highest BCUT2D eigenvalue weighted by molar-refractivity contribution is 6.30. The van der Waals surface area contributed by atoms with Gasteiger partial charge >= 0.3 is 0 Å². The lowest BCUT2D eigenvalue weighted by molar-refractivity contribution is -0.124. The molecule has 0 saturated heterocycles. The molecule has 1 unspecified atom stereocenters. The summed E-state index contributed by atoms with van der Waals surface area (Å²) in [6, 6.07) is 11.2. The summed E-state index contributed by atoms with van der Waals surface area (Å²) < 4.78 is 10.5. The van der Waals surface area contributed by atoms with Gasteiger partial charge in [-0.05, 0) is 47.9 Å². The van der Waals surface area contributed by atoms with Gasteiger partial charge in [0, 0.05) is 23.2 Å². The van der Waals surface area contributed by atoms with Gasteiger partial charge in [0.05, 0.1) is 14.2 Å². The lowest BCUT2D eigenvalue weighted by Gasteiger charge is -2.22. The number of halogens is 1. The highest BCUT2D eigenvalue weighted by Gasteiger charge is 2.24. The normalized spacial score (nSPS) is 11.6. The third-order valence-electron chi connectivity index (χ3n) is 4.22. The van der Waals surface area contributed by atoms with E-state index in [9.17, 15) is 9.59 Å². The average Bonchev–Trinajstić information content (AvgIpc) is 2.69. The van der Waals surface area contributed by atoms with Crippen LogP contribution < -0.4 is 20.1 Å². The molecule has 0 saturated carbocycles. The molecule has 2 aromatic carbocycles. The van der Waals surface area contributed by atoms with Gasteiger partial charge in [-0.25, -0.2) is 0 Å². The van der Waals surface area contributed by atoms with E-state index in [4.69, 9.17) is 21.1 Å². The molecule has 0 fully saturated rings. The maximum atomic E-state index is 12.7. The van der Waals surface area contributed by atoms with Crippen LogP contribution in [0.5, 0.6) is 11.5 Å². The van der Waals surface area contributed by atoms with Crippen molar-refractivity contribution in [2.75, 3.05) is 14.2 Å². The third-order valence-corrected chi connectivity index (χ3v) is 4.47. The lowest BCUT2D eigenvalue weighted by Crippen LogP contribution is -2.49. The molecule has 2 rings (SSSR count). The second-order valence-electron chi connectivity index (χ2n) is 6.64. The Morgan fingerprint density at radius 3 is 2.07 bits per heavy atom. The standard InChI is InChI=1S/C21H25ClN2O4/c1-13(2)19(24-20(25)15-5-7-16(22)8-6-15)21(26)23-12-14-9-17(27-3)11-18(10-14)28-4/h5-11,13,19H,12H2,1-4H3,(H,23,26)(H,24,25). The Morgan fingerprint density at radius 2 is 1.57 bits per heavy atom. The number of rotatable bonds is 8. The molecule has 28 heavy (non-hydrogen) atoms. The lowest BCUT2D eigenvalue weighted by atomic mass is 10.0. The van der Waals surface area contributed by atoms with Crippen LogP contribution in [-0.2, 0) is 11.3 Å². The molecule has 2 amide bonds. The van der Waals surface area contributed by atoms with Gasteiger partial charge in [-0.3, -0.25) is 9.59 Å². The molecule has 2 N–H and O–H groups in total. The van der Waals surface area contributed by atoms with E-state index in [2.05, 4.69) is 10.6 Å². The Morgan fingerprint density at radius 1 is 1.00 bits per heavy atom. The zero-order valence-electron chi connectivity index (χ0n) is 16.4. The molecule has 150 valence electrons. The minimum absolute atomic E-state index is 0.0869. The predicted octanol–water partition coefficient (Wildman–Crippen LogP) is 3.43. The van der Waals surface area contributed by atoms with Gasteiger partial charge < -0.3 is 20.1 Å². The summed E-state index contributed by atoms with van der Waals surface area (Å²) in [6.07, 6.45) is 0. The fraction of sp³-hybridized carbons (Fsp3) is 0.333. The smallest absolute Gasteiger partial charge is 0.251 e. The molecule has 0 spiro atoms. The van der Waals surface area contributed by atoms with Crippen molar-refractivity contribution in [2.24, 2.45) is 5.92 Å². The summed E-state index contributed by atoms with van der Waals surface area (Å²) in [5.41, 5.74) is 1.27. The molecular weight excluding hydrogens is 380 g/mol. The van der Waals surface area contributed by atoms with Crippen molar-refractivity contribution in [3.8, 4) is 11.5 Å². The zero-order chi connectivity index (χ0) is 20.7. The van der Waals surface area contributed by atoms with E-state index >= 15 is 0 Å². The highest BCUT2D eigenvalue weighted by atomic mass is 35.5. The first kappa shape index (κ1) is 21.6. The number of nitrogens with one attached hydrogen (secondary N) is 2. The van der Waals surface area contributed by atoms with Gasteiger partial charge in [0.2, 0.25) is 5.91 Å². The first-order valence-corrected chi connectivity index (χ1v) is 9.28. The molecule has 0 aromatic heterocycles. The molecule has 2 aromatic rings. The van der Waals surface area contributed by atoms with Gasteiger partial charge in [-0.15, -0.1) is 0 Å². The molecule has 0 aliphatic heterocycles. The van der Waals surface area contributed by atoms with Crippen molar-refractivity contribution < 1.29 is 19.1 Å². The second kappa shape index (κ2) is 9.99. The number of amides is 2. The Hall–Kier alpha value is -2.73. The number of carbonyl (C=O) groups is 2. The van der Waals surface area contributed by atoms with Crippen molar-refractivity contribution in [1.29, 1.82) is 0 Å². The van der Waals surface area contributed by atoms with E-state index in [-0.39, 0.29) is 24.3 Å². The topological polar surface area (TPSA) is 76.7 Å². The quantitative estimate of drug-likeness (QED) is 0.706. The van der Waals surface area contributed by atoms with Crippen molar-refractivity contribution in [3.63, 3.8) is 0 Å². The molecular formula is C21H25ClN2O4. The SMILES string of the molecule is COc1cc(CNC(=O)C(NC(=O)c2ccc(Cl)cc2)C(C)C)cc(OC)c1. The van der Waals surface area contributed by atoms with Gasteiger partial charge in [0.15, 0.2) is 0 Å². The molecule has 6 nitrogen and oxygen atoms in total. The Balaban J connectivity index is 2.04. The maximum Gasteiger partial charge on any atom is 0.251 e. The molecule has 0 heterocycles. The summed E-state index contributed by atoms with van der Waals surface area (Å²) >= 11 is 5.85. The van der Waals surface area contributed by atoms with Gasteiger partial charge in [-0.1, -0.05) is 25.4 Å². The van der Waals surface area contributed by atoms with E-state index in [1.807, 2.05) is 26.0 Å². The van der Waals surface area contributed by atoms with Crippen molar-refractivity contribution >= 4 is 23.4 Å². The van der Waals surface area contributed by atoms with Crippen LogP contribution in [0.25, 0.3) is 0 Å². The monoisotopic (exact) mass is 404 g/mol. The van der Waals surface area contributed by atoms with Crippen LogP contribution in [0.3, 0.4) is 0 Å². The zero-order valence-corrected chi connectivity index (χ0v) is 17.2. The molecule has 7 heteroatoms. The number of benzene rings is 2. The van der Waals surface area contributed by atoms with Crippen molar-refractivity contribution in [2.45, 2.75) is 26.4 Å². The van der Waals surface area contributed by atoms with Gasteiger partial charge in [0.1, 0.15) is 17.5 Å². The Labute approximate surface area is 170 Å². The Kier molecular flexibility index (Phi) is 7.70. The van der Waals surface area contributed by atoms with E-state index in [0.717, 1.165) is 5.56 Å². The first-order chi connectivity index (χ1) is 13.3. The fourth-order valence-corrected chi connectivity index (χ4v) is 2.75. The van der Waals surface area contributed by atoms with Crippen LogP contribution in [0.4, 0.5) is 0 Å². The summed E-state index contributed by atoms with van der Waals surface area (Å²) in [6.45, 7) is 4.04. The summed E-state index contributed by atoms with van der Waals surface area (Å²) in [5.74, 6) is 0.601. The largest absolute Gasteiger partial charge is 0.497 e. The second-order valence-corrected chi connectivity index (χ2v) is 7.08. The fourth-order valence-electron chi connectivity index (χ4n) is 2.63. The van der Waals surface area contributed by atoms with E-state index in [1.165, 1.54) is 0 Å². The van der Waals surface area contributed by atoms with Gasteiger partial charge in [-0.2, -0.15) is 0 Å². The molecule has 0 radical (unpaired) electrons. The summed E-state index contributed by atoms with van der Waals surface area (Å²) in [7, 11) is 3.14. The highest BCUT2D eigenvalue weighted by Crippen LogP contribution is 2.22. The molecule has 0 bridgehead atoms. The van der Waals surface area contributed by atoms with Crippen LogP contribution in [0.2, 0.25) is 5.02 Å². The predicted molar refractivity (Wildman–Crippen MR) is 109 cm³/mol. The van der Waals surface area contributed by atoms with Crippen molar-refractivity contribution in [3.05, 3.63) is 58.6 Å². The minimum atomic E-state index is -0.671. The van der Waals surface area contributed by atoms with Crippen LogP contribution in [-0.4, -0.2) is 32.1 Å². The third kappa shape index (κ3) is 5.89. The molecule has 0 aliphatic rings. The Bertz CT molecular complexity index is 799. The average molecular weight is 405 g/mol. The van der Waals surface area contributed by atoms with E-state index < -0.39 is 6.04 Å². The van der Waals surface area contributed by atoms with Gasteiger partial charge in [0.25, 0.3) is 5.91 Å².